The summed E-state index contributed by atoms with van der Waals surface area (Å²) in [5.74, 6) is 0.735. The maximum Gasteiger partial charge on any atom is 0.119 e. The van der Waals surface area contributed by atoms with Crippen LogP contribution in [0.1, 0.15) is 18.5 Å². The lowest BCUT2D eigenvalue weighted by Gasteiger charge is -2.17. The molecule has 0 aromatic heterocycles. The van der Waals surface area contributed by atoms with Crippen LogP contribution in [-0.2, 0) is 0 Å². The Morgan fingerprint density at radius 1 is 1.50 bits per heavy atom. The third kappa shape index (κ3) is 2.47. The third-order valence-electron chi connectivity index (χ3n) is 2.08. The molecule has 3 nitrogen and oxygen atoms in total. The Balaban J connectivity index is 3.05. The number of aliphatic hydroxyl groups is 1. The van der Waals surface area contributed by atoms with Crippen molar-refractivity contribution in [2.45, 2.75) is 19.1 Å². The van der Waals surface area contributed by atoms with Crippen molar-refractivity contribution >= 4 is 15.9 Å². The average molecular weight is 260 g/mol. The lowest BCUT2D eigenvalue weighted by molar-refractivity contribution is 0.164. The van der Waals surface area contributed by atoms with Crippen LogP contribution >= 0.6 is 15.9 Å². The van der Waals surface area contributed by atoms with Gasteiger partial charge in [-0.15, -0.1) is 0 Å². The molecule has 0 aliphatic heterocycles. The van der Waals surface area contributed by atoms with Crippen molar-refractivity contribution in [1.29, 1.82) is 0 Å². The second-order valence-electron chi connectivity index (χ2n) is 3.15. The molecule has 0 saturated carbocycles. The van der Waals surface area contributed by atoms with Gasteiger partial charge in [0, 0.05) is 4.47 Å². The van der Waals surface area contributed by atoms with Crippen LogP contribution in [0.3, 0.4) is 0 Å². The van der Waals surface area contributed by atoms with Gasteiger partial charge in [0.2, 0.25) is 0 Å². The number of hydrogen-bond donors (Lipinski definition) is 2. The molecule has 0 saturated heterocycles. The molecule has 78 valence electrons. The number of benzene rings is 1. The molecule has 1 aromatic carbocycles. The molecule has 3 N–H and O–H groups in total. The summed E-state index contributed by atoms with van der Waals surface area (Å²) < 4.78 is 5.96. The smallest absolute Gasteiger partial charge is 0.119 e. The van der Waals surface area contributed by atoms with Crippen LogP contribution in [0.2, 0.25) is 0 Å². The highest BCUT2D eigenvalue weighted by molar-refractivity contribution is 9.10. The van der Waals surface area contributed by atoms with Gasteiger partial charge in [0.15, 0.2) is 0 Å². The Morgan fingerprint density at radius 3 is 2.64 bits per heavy atom. The number of rotatable bonds is 3. The predicted molar refractivity (Wildman–Crippen MR) is 59.3 cm³/mol. The largest absolute Gasteiger partial charge is 0.497 e. The predicted octanol–water partition coefficient (Wildman–Crippen LogP) is 1.84. The van der Waals surface area contributed by atoms with Crippen LogP contribution in [0.4, 0.5) is 0 Å². The maximum atomic E-state index is 9.38. The maximum absolute atomic E-state index is 9.38. The highest BCUT2D eigenvalue weighted by Crippen LogP contribution is 2.28. The number of hydrogen-bond acceptors (Lipinski definition) is 3. The summed E-state index contributed by atoms with van der Waals surface area (Å²) in [7, 11) is 1.60. The Hall–Kier alpha value is -0.580. The first-order chi connectivity index (χ1) is 6.56. The summed E-state index contributed by atoms with van der Waals surface area (Å²) >= 11 is 3.38. The van der Waals surface area contributed by atoms with Crippen molar-refractivity contribution < 1.29 is 9.84 Å². The van der Waals surface area contributed by atoms with Crippen molar-refractivity contribution in [2.75, 3.05) is 7.11 Å². The average Bonchev–Trinajstić information content (AvgIpc) is 2.17. The molecule has 1 aromatic rings. The highest BCUT2D eigenvalue weighted by atomic mass is 79.9. The fourth-order valence-electron chi connectivity index (χ4n) is 1.16. The molecular weight excluding hydrogens is 246 g/mol. The van der Waals surface area contributed by atoms with Gasteiger partial charge >= 0.3 is 0 Å². The Bertz CT molecular complexity index is 315. The number of halogens is 1. The number of ether oxygens (including phenoxy) is 1. The first-order valence-corrected chi connectivity index (χ1v) is 5.12. The van der Waals surface area contributed by atoms with E-state index < -0.39 is 12.1 Å². The summed E-state index contributed by atoms with van der Waals surface area (Å²) in [6.07, 6.45) is -0.585. The Labute approximate surface area is 92.0 Å². The zero-order valence-corrected chi connectivity index (χ0v) is 9.78. The quantitative estimate of drug-likeness (QED) is 0.871. The molecular formula is C10H14BrNO2. The standard InChI is InChI=1S/C10H14BrNO2/c1-6(13)10(12)8-5-7(14-2)3-4-9(8)11/h3-6,10,13H,12H2,1-2H3/t6-,10-/m1/s1. The van der Waals surface area contributed by atoms with E-state index in [2.05, 4.69) is 15.9 Å². The van der Waals surface area contributed by atoms with Crippen LogP contribution < -0.4 is 10.5 Å². The van der Waals surface area contributed by atoms with Crippen LogP contribution in [0.15, 0.2) is 22.7 Å². The number of nitrogens with two attached hydrogens (primary N) is 1. The van der Waals surface area contributed by atoms with E-state index in [9.17, 15) is 5.11 Å². The van der Waals surface area contributed by atoms with Gasteiger partial charge in [-0.2, -0.15) is 0 Å². The minimum Gasteiger partial charge on any atom is -0.497 e. The zero-order chi connectivity index (χ0) is 10.7. The van der Waals surface area contributed by atoms with Crippen molar-refractivity contribution in [2.24, 2.45) is 5.73 Å². The zero-order valence-electron chi connectivity index (χ0n) is 8.20. The first kappa shape index (κ1) is 11.5. The van der Waals surface area contributed by atoms with Crippen molar-refractivity contribution in [3.05, 3.63) is 28.2 Å². The molecule has 2 atom stereocenters. The van der Waals surface area contributed by atoms with Gasteiger partial charge in [-0.3, -0.25) is 0 Å². The topological polar surface area (TPSA) is 55.5 Å². The summed E-state index contributed by atoms with van der Waals surface area (Å²) in [4.78, 5) is 0. The normalized spacial score (nSPS) is 14.9. The molecule has 0 amide bonds. The molecule has 0 radical (unpaired) electrons. The third-order valence-corrected chi connectivity index (χ3v) is 2.80. The minimum absolute atomic E-state index is 0.403. The molecule has 0 unspecified atom stereocenters. The van der Waals surface area contributed by atoms with Gasteiger partial charge in [0.05, 0.1) is 19.3 Å². The van der Waals surface area contributed by atoms with Gasteiger partial charge in [-0.05, 0) is 30.7 Å². The summed E-state index contributed by atoms with van der Waals surface area (Å²) in [6, 6.07) is 5.11. The molecule has 0 aliphatic rings. The fourth-order valence-corrected chi connectivity index (χ4v) is 1.68. The number of aliphatic hydroxyl groups excluding tert-OH is 1. The number of methoxy groups -OCH3 is 1. The molecule has 0 bridgehead atoms. The molecule has 1 rings (SSSR count). The molecule has 0 fully saturated rings. The Kier molecular flexibility index (Phi) is 3.92. The van der Waals surface area contributed by atoms with Gasteiger partial charge in [-0.25, -0.2) is 0 Å². The second-order valence-corrected chi connectivity index (χ2v) is 4.01. The van der Waals surface area contributed by atoms with E-state index >= 15 is 0 Å². The Morgan fingerprint density at radius 2 is 2.14 bits per heavy atom. The minimum atomic E-state index is -0.585. The van der Waals surface area contributed by atoms with Gasteiger partial charge in [0.25, 0.3) is 0 Å². The van der Waals surface area contributed by atoms with E-state index in [1.807, 2.05) is 18.2 Å². The lowest BCUT2D eigenvalue weighted by atomic mass is 10.0. The molecule has 0 heterocycles. The van der Waals surface area contributed by atoms with Crippen LogP contribution in [-0.4, -0.2) is 18.3 Å². The molecule has 0 aliphatic carbocycles. The van der Waals surface area contributed by atoms with Crippen molar-refractivity contribution in [1.82, 2.24) is 0 Å². The SMILES string of the molecule is COc1ccc(Br)c([C@H](N)[C@@H](C)O)c1. The van der Waals surface area contributed by atoms with E-state index in [4.69, 9.17) is 10.5 Å². The molecule has 14 heavy (non-hydrogen) atoms. The summed E-state index contributed by atoms with van der Waals surface area (Å²) in [5.41, 5.74) is 6.67. The van der Waals surface area contributed by atoms with Crippen molar-refractivity contribution in [3.63, 3.8) is 0 Å². The molecule has 4 heteroatoms. The first-order valence-electron chi connectivity index (χ1n) is 4.33. The van der Waals surface area contributed by atoms with Crippen LogP contribution in [0.5, 0.6) is 5.75 Å². The van der Waals surface area contributed by atoms with Gasteiger partial charge in [-0.1, -0.05) is 15.9 Å². The van der Waals surface area contributed by atoms with Crippen LogP contribution in [0, 0.1) is 0 Å². The second kappa shape index (κ2) is 4.77. The van der Waals surface area contributed by atoms with Crippen LogP contribution in [0.25, 0.3) is 0 Å². The highest BCUT2D eigenvalue weighted by Gasteiger charge is 2.15. The lowest BCUT2D eigenvalue weighted by Crippen LogP contribution is -2.23. The van der Waals surface area contributed by atoms with Gasteiger partial charge in [0.1, 0.15) is 5.75 Å². The van der Waals surface area contributed by atoms with E-state index in [1.165, 1.54) is 0 Å². The van der Waals surface area contributed by atoms with E-state index in [0.29, 0.717) is 0 Å². The van der Waals surface area contributed by atoms with E-state index in [1.54, 1.807) is 14.0 Å². The van der Waals surface area contributed by atoms with Gasteiger partial charge < -0.3 is 15.6 Å². The summed E-state index contributed by atoms with van der Waals surface area (Å²) in [6.45, 7) is 1.66. The molecule has 0 spiro atoms. The monoisotopic (exact) mass is 259 g/mol. The fraction of sp³-hybridized carbons (Fsp3) is 0.400. The van der Waals surface area contributed by atoms with E-state index in [0.717, 1.165) is 15.8 Å². The van der Waals surface area contributed by atoms with E-state index in [-0.39, 0.29) is 0 Å². The van der Waals surface area contributed by atoms with Crippen molar-refractivity contribution in [3.8, 4) is 5.75 Å². The summed E-state index contributed by atoms with van der Waals surface area (Å²) in [5, 5.41) is 9.38.